The smallest absolute Gasteiger partial charge is 0.187 e. The summed E-state index contributed by atoms with van der Waals surface area (Å²) in [5.74, 6) is 0.817. The first-order valence-electron chi connectivity index (χ1n) is 7.57. The molecule has 0 fully saturated rings. The van der Waals surface area contributed by atoms with Crippen molar-refractivity contribution in [2.75, 3.05) is 0 Å². The molecule has 0 aliphatic heterocycles. The van der Waals surface area contributed by atoms with E-state index in [0.717, 1.165) is 21.4 Å². The van der Waals surface area contributed by atoms with Gasteiger partial charge in [-0.05, 0) is 35.4 Å². The summed E-state index contributed by atoms with van der Waals surface area (Å²) in [6.45, 7) is 0. The molecule has 0 saturated heterocycles. The topological polar surface area (TPSA) is 43.1 Å². The van der Waals surface area contributed by atoms with Crippen LogP contribution in [0.1, 0.15) is 22.0 Å². The summed E-state index contributed by atoms with van der Waals surface area (Å²) < 4.78 is 1.79. The lowest BCUT2D eigenvalue weighted by atomic mass is 10.1. The molecule has 0 spiro atoms. The quantitative estimate of drug-likeness (QED) is 0.480. The summed E-state index contributed by atoms with van der Waals surface area (Å²) in [7, 11) is 0. The molecule has 0 bridgehead atoms. The van der Waals surface area contributed by atoms with Crippen molar-refractivity contribution in [3.05, 3.63) is 80.5 Å². The summed E-state index contributed by atoms with van der Waals surface area (Å²) >= 11 is 13.7. The predicted molar refractivity (Wildman–Crippen MR) is 103 cm³/mol. The number of benzene rings is 2. The lowest BCUT2D eigenvalue weighted by Gasteiger charge is -1.98. The van der Waals surface area contributed by atoms with Gasteiger partial charge in [0, 0.05) is 16.5 Å². The summed E-state index contributed by atoms with van der Waals surface area (Å²) in [5.41, 5.74) is 2.03. The average molecular weight is 387 g/mol. The molecule has 25 heavy (non-hydrogen) atoms. The van der Waals surface area contributed by atoms with Gasteiger partial charge in [0.15, 0.2) is 5.82 Å². The number of hydrogen-bond acceptors (Lipinski definition) is 4. The third-order valence-corrected chi connectivity index (χ3v) is 5.08. The minimum absolute atomic E-state index is 0.646. The van der Waals surface area contributed by atoms with Crippen molar-refractivity contribution in [2.24, 2.45) is 0 Å². The molecule has 2 aromatic heterocycles. The largest absolute Gasteiger partial charge is 0.234 e. The van der Waals surface area contributed by atoms with Crippen molar-refractivity contribution in [2.45, 2.75) is 6.42 Å². The highest BCUT2D eigenvalue weighted by Crippen LogP contribution is 2.24. The molecule has 0 radical (unpaired) electrons. The maximum Gasteiger partial charge on any atom is 0.234 e. The zero-order chi connectivity index (χ0) is 17.2. The SMILES string of the molecule is Clc1ccc(Cl)c(/C=C/c2nn3c(Cc4ccccc4)nnc3s2)c1. The summed E-state index contributed by atoms with van der Waals surface area (Å²) in [6.07, 6.45) is 4.50. The van der Waals surface area contributed by atoms with Gasteiger partial charge in [0.25, 0.3) is 0 Å². The van der Waals surface area contributed by atoms with Gasteiger partial charge in [0.05, 0.1) is 0 Å². The minimum atomic E-state index is 0.646. The van der Waals surface area contributed by atoms with Crippen LogP contribution in [0.4, 0.5) is 0 Å². The van der Waals surface area contributed by atoms with Crippen LogP contribution in [0.25, 0.3) is 17.1 Å². The number of hydrogen-bond donors (Lipinski definition) is 0. The molecule has 0 atom stereocenters. The molecule has 0 unspecified atom stereocenters. The highest BCUT2D eigenvalue weighted by Gasteiger charge is 2.11. The van der Waals surface area contributed by atoms with Gasteiger partial charge in [0.2, 0.25) is 4.96 Å². The Morgan fingerprint density at radius 2 is 1.84 bits per heavy atom. The third-order valence-electron chi connectivity index (χ3n) is 3.64. The normalized spacial score (nSPS) is 11.6. The zero-order valence-electron chi connectivity index (χ0n) is 12.9. The van der Waals surface area contributed by atoms with Crippen LogP contribution in [0.3, 0.4) is 0 Å². The standard InChI is InChI=1S/C18H12Cl2N4S/c19-14-7-8-15(20)13(11-14)6-9-17-23-24-16(21-22-18(24)25-17)10-12-4-2-1-3-5-12/h1-9,11H,10H2/b9-6+. The minimum Gasteiger partial charge on any atom is -0.187 e. The van der Waals surface area contributed by atoms with Crippen LogP contribution in [0.2, 0.25) is 10.0 Å². The molecule has 0 aliphatic rings. The van der Waals surface area contributed by atoms with E-state index in [1.807, 2.05) is 36.4 Å². The first kappa shape index (κ1) is 16.3. The molecule has 4 nitrogen and oxygen atoms in total. The van der Waals surface area contributed by atoms with E-state index in [0.29, 0.717) is 16.5 Å². The number of rotatable bonds is 4. The Kier molecular flexibility index (Phi) is 4.53. The Balaban J connectivity index is 1.61. The molecule has 2 aromatic carbocycles. The fraction of sp³-hybridized carbons (Fsp3) is 0.0556. The van der Waals surface area contributed by atoms with E-state index in [9.17, 15) is 0 Å². The van der Waals surface area contributed by atoms with Gasteiger partial charge in [-0.3, -0.25) is 0 Å². The predicted octanol–water partition coefficient (Wildman–Crippen LogP) is 5.25. The summed E-state index contributed by atoms with van der Waals surface area (Å²) in [5, 5.41) is 15.1. The van der Waals surface area contributed by atoms with Gasteiger partial charge in [-0.25, -0.2) is 0 Å². The van der Waals surface area contributed by atoms with Gasteiger partial charge < -0.3 is 0 Å². The van der Waals surface area contributed by atoms with E-state index in [2.05, 4.69) is 27.4 Å². The number of nitrogens with zero attached hydrogens (tertiary/aromatic N) is 4. The van der Waals surface area contributed by atoms with E-state index in [1.54, 1.807) is 16.6 Å². The third kappa shape index (κ3) is 3.58. The lowest BCUT2D eigenvalue weighted by Crippen LogP contribution is -1.97. The van der Waals surface area contributed by atoms with Crippen LogP contribution in [0.15, 0.2) is 48.5 Å². The molecule has 124 valence electrons. The maximum atomic E-state index is 6.18. The molecule has 0 saturated carbocycles. The van der Waals surface area contributed by atoms with E-state index >= 15 is 0 Å². The van der Waals surface area contributed by atoms with Crippen molar-refractivity contribution >= 4 is 51.7 Å². The Morgan fingerprint density at radius 3 is 2.68 bits per heavy atom. The van der Waals surface area contributed by atoms with Gasteiger partial charge >= 0.3 is 0 Å². The number of aromatic nitrogens is 4. The lowest BCUT2D eigenvalue weighted by molar-refractivity contribution is 0.848. The maximum absolute atomic E-state index is 6.18. The zero-order valence-corrected chi connectivity index (χ0v) is 15.3. The second-order valence-electron chi connectivity index (χ2n) is 5.41. The van der Waals surface area contributed by atoms with Gasteiger partial charge in [-0.2, -0.15) is 9.61 Å². The van der Waals surface area contributed by atoms with Gasteiger partial charge in [-0.15, -0.1) is 10.2 Å². The van der Waals surface area contributed by atoms with E-state index in [1.165, 1.54) is 16.9 Å². The molecule has 7 heteroatoms. The first-order chi connectivity index (χ1) is 12.2. The molecule has 0 aliphatic carbocycles. The second-order valence-corrected chi connectivity index (χ2v) is 7.24. The van der Waals surface area contributed by atoms with Gasteiger partial charge in [-0.1, -0.05) is 70.9 Å². The Bertz CT molecular complexity index is 1050. The van der Waals surface area contributed by atoms with Crippen molar-refractivity contribution in [1.29, 1.82) is 0 Å². The Hall–Kier alpha value is -2.21. The van der Waals surface area contributed by atoms with Crippen LogP contribution < -0.4 is 0 Å². The monoisotopic (exact) mass is 386 g/mol. The molecule has 0 N–H and O–H groups in total. The number of halogens is 2. The van der Waals surface area contributed by atoms with Crippen LogP contribution in [0, 0.1) is 0 Å². The molecular weight excluding hydrogens is 375 g/mol. The van der Waals surface area contributed by atoms with Gasteiger partial charge in [0.1, 0.15) is 5.01 Å². The fourth-order valence-corrected chi connectivity index (χ4v) is 3.55. The van der Waals surface area contributed by atoms with Crippen LogP contribution in [-0.2, 0) is 6.42 Å². The molecule has 0 amide bonds. The second kappa shape index (κ2) is 6.96. The van der Waals surface area contributed by atoms with Crippen molar-refractivity contribution in [3.8, 4) is 0 Å². The van der Waals surface area contributed by atoms with Crippen LogP contribution in [0.5, 0.6) is 0 Å². The van der Waals surface area contributed by atoms with E-state index < -0.39 is 0 Å². The number of fused-ring (bicyclic) bond motifs is 1. The Morgan fingerprint density at radius 1 is 1.00 bits per heavy atom. The average Bonchev–Trinajstić information content (AvgIpc) is 3.18. The van der Waals surface area contributed by atoms with Crippen molar-refractivity contribution in [1.82, 2.24) is 19.8 Å². The van der Waals surface area contributed by atoms with Crippen LogP contribution >= 0.6 is 34.5 Å². The molecule has 2 heterocycles. The van der Waals surface area contributed by atoms with Crippen molar-refractivity contribution in [3.63, 3.8) is 0 Å². The first-order valence-corrected chi connectivity index (χ1v) is 9.14. The molecular formula is C18H12Cl2N4S. The van der Waals surface area contributed by atoms with E-state index in [4.69, 9.17) is 23.2 Å². The summed E-state index contributed by atoms with van der Waals surface area (Å²) in [4.78, 5) is 0.766. The summed E-state index contributed by atoms with van der Waals surface area (Å²) in [6, 6.07) is 15.5. The van der Waals surface area contributed by atoms with E-state index in [-0.39, 0.29) is 0 Å². The Labute approximate surface area is 158 Å². The molecule has 4 rings (SSSR count). The highest BCUT2D eigenvalue weighted by molar-refractivity contribution is 7.17. The molecule has 4 aromatic rings. The highest BCUT2D eigenvalue weighted by atomic mass is 35.5. The van der Waals surface area contributed by atoms with Crippen LogP contribution in [-0.4, -0.2) is 19.8 Å². The fourth-order valence-electron chi connectivity index (χ4n) is 2.43. The van der Waals surface area contributed by atoms with Crippen molar-refractivity contribution < 1.29 is 0 Å².